The Morgan fingerprint density at radius 2 is 1.21 bits per heavy atom. The molecule has 0 aromatic heterocycles. The number of carboxylic acid groups (broad SMARTS) is 1. The lowest BCUT2D eigenvalue weighted by atomic mass is 9.91. The summed E-state index contributed by atoms with van der Waals surface area (Å²) in [5.41, 5.74) is 0.647. The fourth-order valence-corrected chi connectivity index (χ4v) is 6.09. The van der Waals surface area contributed by atoms with E-state index in [1.807, 2.05) is 0 Å². The first-order valence-corrected chi connectivity index (χ1v) is 19.0. The zero-order chi connectivity index (χ0) is 38.9. The quantitative estimate of drug-likeness (QED) is 0.0561. The second kappa shape index (κ2) is 26.9. The number of rotatable bonds is 30. The summed E-state index contributed by atoms with van der Waals surface area (Å²) in [5.74, 6) is -7.13. The minimum absolute atomic E-state index is 0.0295. The SMILES string of the molecule is CCCCCCCCCCCCCCCC(=O)N[C@@H](Cc1ccc(O)cc1)C(=O)C[C@@H](CO)C(=O)N[C@H](C(=O)C[C@@H](CC(=O)O)C(=O)NC)[C@@H](C)O. The molecule has 1 aromatic carbocycles. The van der Waals surface area contributed by atoms with Crippen LogP contribution >= 0.6 is 0 Å². The van der Waals surface area contributed by atoms with E-state index < -0.39 is 85.2 Å². The van der Waals surface area contributed by atoms with Gasteiger partial charge in [-0.3, -0.25) is 28.8 Å². The number of Topliss-reactive ketones (excluding diaryl/α,β-unsaturated/α-hetero) is 2. The van der Waals surface area contributed by atoms with E-state index in [0.29, 0.717) is 12.0 Å². The van der Waals surface area contributed by atoms with Gasteiger partial charge in [-0.05, 0) is 37.5 Å². The van der Waals surface area contributed by atoms with Crippen LogP contribution in [0.2, 0.25) is 0 Å². The van der Waals surface area contributed by atoms with Crippen molar-refractivity contribution in [3.05, 3.63) is 29.8 Å². The van der Waals surface area contributed by atoms with Gasteiger partial charge >= 0.3 is 5.97 Å². The minimum Gasteiger partial charge on any atom is -0.508 e. The molecule has 3 amide bonds. The second-order valence-corrected chi connectivity index (χ2v) is 13.8. The third kappa shape index (κ3) is 19.7. The molecule has 0 saturated heterocycles. The van der Waals surface area contributed by atoms with E-state index in [1.54, 1.807) is 12.1 Å². The molecule has 0 aliphatic rings. The van der Waals surface area contributed by atoms with Crippen molar-refractivity contribution in [2.45, 2.75) is 148 Å². The van der Waals surface area contributed by atoms with Crippen molar-refractivity contribution in [3.8, 4) is 5.75 Å². The number of aliphatic hydroxyl groups is 2. The highest BCUT2D eigenvalue weighted by Gasteiger charge is 2.34. The number of unbranched alkanes of at least 4 members (excludes halogenated alkanes) is 12. The Hall–Kier alpha value is -3.84. The van der Waals surface area contributed by atoms with Crippen molar-refractivity contribution >= 4 is 35.3 Å². The summed E-state index contributed by atoms with van der Waals surface area (Å²) in [6.45, 7) is 2.67. The zero-order valence-electron chi connectivity index (χ0n) is 31.4. The van der Waals surface area contributed by atoms with Gasteiger partial charge in [0, 0.05) is 26.3 Å². The minimum atomic E-state index is -1.54. The highest BCUT2D eigenvalue weighted by Crippen LogP contribution is 2.17. The van der Waals surface area contributed by atoms with E-state index in [0.717, 1.165) is 19.3 Å². The Bertz CT molecular complexity index is 1240. The van der Waals surface area contributed by atoms with Gasteiger partial charge in [0.2, 0.25) is 17.7 Å². The molecule has 1 rings (SSSR count). The van der Waals surface area contributed by atoms with E-state index in [2.05, 4.69) is 22.9 Å². The Labute approximate surface area is 308 Å². The highest BCUT2D eigenvalue weighted by atomic mass is 16.4. The predicted octanol–water partition coefficient (Wildman–Crippen LogP) is 4.13. The number of hydrogen-bond donors (Lipinski definition) is 7. The van der Waals surface area contributed by atoms with Crippen LogP contribution in [-0.2, 0) is 35.2 Å². The predicted molar refractivity (Wildman–Crippen MR) is 197 cm³/mol. The van der Waals surface area contributed by atoms with Crippen LogP contribution in [0.1, 0.15) is 129 Å². The zero-order valence-corrected chi connectivity index (χ0v) is 31.4. The maximum Gasteiger partial charge on any atom is 0.304 e. The smallest absolute Gasteiger partial charge is 0.304 e. The molecule has 7 N–H and O–H groups in total. The summed E-state index contributed by atoms with van der Waals surface area (Å²) in [6, 6.07) is 3.55. The van der Waals surface area contributed by atoms with Crippen LogP contribution in [0.4, 0.5) is 0 Å². The Balaban J connectivity index is 2.78. The Morgan fingerprint density at radius 3 is 1.69 bits per heavy atom. The number of phenols is 1. The third-order valence-electron chi connectivity index (χ3n) is 9.26. The van der Waals surface area contributed by atoms with Crippen LogP contribution in [0, 0.1) is 11.8 Å². The molecule has 0 spiro atoms. The molecule has 0 unspecified atom stereocenters. The number of hydrogen-bond acceptors (Lipinski definition) is 9. The number of carbonyl (C=O) groups is 6. The highest BCUT2D eigenvalue weighted by molar-refractivity contribution is 5.96. The van der Waals surface area contributed by atoms with Gasteiger partial charge in [0.1, 0.15) is 11.8 Å². The first kappa shape index (κ1) is 46.2. The molecule has 0 aliphatic carbocycles. The van der Waals surface area contributed by atoms with Crippen molar-refractivity contribution in [1.29, 1.82) is 0 Å². The van der Waals surface area contributed by atoms with E-state index in [9.17, 15) is 44.1 Å². The molecule has 0 heterocycles. The van der Waals surface area contributed by atoms with Crippen molar-refractivity contribution in [2.75, 3.05) is 13.7 Å². The van der Waals surface area contributed by atoms with Crippen LogP contribution in [-0.4, -0.2) is 87.5 Å². The lowest BCUT2D eigenvalue weighted by Gasteiger charge is -2.25. The first-order valence-electron chi connectivity index (χ1n) is 19.0. The molecule has 0 radical (unpaired) electrons. The molecule has 0 saturated carbocycles. The van der Waals surface area contributed by atoms with Crippen LogP contribution in [0.25, 0.3) is 0 Å². The fourth-order valence-electron chi connectivity index (χ4n) is 6.09. The van der Waals surface area contributed by atoms with Gasteiger partial charge in [-0.2, -0.15) is 0 Å². The molecular formula is C39H63N3O10. The number of carboxylic acids is 1. The average molecular weight is 734 g/mol. The summed E-state index contributed by atoms with van der Waals surface area (Å²) >= 11 is 0. The van der Waals surface area contributed by atoms with E-state index in [4.69, 9.17) is 5.11 Å². The van der Waals surface area contributed by atoms with Crippen LogP contribution in [0.5, 0.6) is 5.75 Å². The molecule has 52 heavy (non-hydrogen) atoms. The van der Waals surface area contributed by atoms with Gasteiger partial charge < -0.3 is 36.4 Å². The maximum atomic E-state index is 13.6. The molecule has 1 aromatic rings. The summed E-state index contributed by atoms with van der Waals surface area (Å²) < 4.78 is 0. The topological polar surface area (TPSA) is 219 Å². The first-order chi connectivity index (χ1) is 24.8. The second-order valence-electron chi connectivity index (χ2n) is 13.8. The van der Waals surface area contributed by atoms with E-state index in [1.165, 1.54) is 83.9 Å². The molecule has 5 atom stereocenters. The Kier molecular flexibility index (Phi) is 23.9. The lowest BCUT2D eigenvalue weighted by Crippen LogP contribution is -2.51. The molecule has 13 heteroatoms. The molecule has 294 valence electrons. The summed E-state index contributed by atoms with van der Waals surface area (Å²) in [7, 11) is 1.29. The number of amides is 3. The summed E-state index contributed by atoms with van der Waals surface area (Å²) in [4.78, 5) is 76.1. The van der Waals surface area contributed by atoms with Crippen LogP contribution < -0.4 is 16.0 Å². The van der Waals surface area contributed by atoms with Crippen molar-refractivity contribution < 1.29 is 49.2 Å². The van der Waals surface area contributed by atoms with Gasteiger partial charge in [0.25, 0.3) is 0 Å². The Morgan fingerprint density at radius 1 is 0.692 bits per heavy atom. The monoisotopic (exact) mass is 733 g/mol. The maximum absolute atomic E-state index is 13.6. The lowest BCUT2D eigenvalue weighted by molar-refractivity contribution is -0.142. The van der Waals surface area contributed by atoms with Crippen LogP contribution in [0.15, 0.2) is 24.3 Å². The molecular weight excluding hydrogens is 670 g/mol. The number of phenolic OH excluding ortho intramolecular Hbond substituents is 1. The third-order valence-corrected chi connectivity index (χ3v) is 9.26. The van der Waals surface area contributed by atoms with E-state index in [-0.39, 0.29) is 24.5 Å². The molecule has 0 bridgehead atoms. The van der Waals surface area contributed by atoms with Crippen molar-refractivity contribution in [3.63, 3.8) is 0 Å². The number of carbonyl (C=O) groups excluding carboxylic acids is 5. The number of nitrogens with one attached hydrogen (secondary N) is 3. The van der Waals surface area contributed by atoms with Gasteiger partial charge in [0.05, 0.1) is 37.0 Å². The van der Waals surface area contributed by atoms with Gasteiger partial charge in [-0.25, -0.2) is 0 Å². The number of aromatic hydroxyl groups is 1. The number of aliphatic hydroxyl groups excluding tert-OH is 2. The van der Waals surface area contributed by atoms with Crippen molar-refractivity contribution in [2.24, 2.45) is 11.8 Å². The molecule has 0 aliphatic heterocycles. The normalized spacial score (nSPS) is 14.0. The molecule has 0 fully saturated rings. The average Bonchev–Trinajstić information content (AvgIpc) is 3.10. The van der Waals surface area contributed by atoms with Gasteiger partial charge in [-0.1, -0.05) is 96.1 Å². The number of aliphatic carboxylic acids is 1. The van der Waals surface area contributed by atoms with Crippen molar-refractivity contribution in [1.82, 2.24) is 16.0 Å². The fraction of sp³-hybridized carbons (Fsp3) is 0.692. The van der Waals surface area contributed by atoms with Gasteiger partial charge in [0.15, 0.2) is 11.6 Å². The number of ketones is 2. The molecule has 13 nitrogen and oxygen atoms in total. The standard InChI is InChI=1S/C39H63N3O10/c1-4-5-6-7-8-9-10-11-12-13-14-15-16-17-35(48)41-32(22-28-18-20-31(45)21-19-28)33(46)24-30(26-43)39(52)42-37(27(2)44)34(47)23-29(25-36(49)50)38(51)40-3/h18-21,27,29-30,32,37,43-45H,4-17,22-26H2,1-3H3,(H,40,51)(H,41,48)(H,42,52)(H,49,50)/t27-,29+,30+,32+,37+/m1/s1. The largest absolute Gasteiger partial charge is 0.508 e. The number of benzene rings is 1. The summed E-state index contributed by atoms with van der Waals surface area (Å²) in [5, 5.41) is 46.6. The van der Waals surface area contributed by atoms with E-state index >= 15 is 0 Å². The van der Waals surface area contributed by atoms with Gasteiger partial charge in [-0.15, -0.1) is 0 Å². The summed E-state index contributed by atoms with van der Waals surface area (Å²) in [6.07, 6.45) is 12.3. The van der Waals surface area contributed by atoms with Crippen LogP contribution in [0.3, 0.4) is 0 Å².